The maximum Gasteiger partial charge on any atom is 0.253 e. The van der Waals surface area contributed by atoms with Gasteiger partial charge in [0.1, 0.15) is 0 Å². The van der Waals surface area contributed by atoms with Gasteiger partial charge in [0.15, 0.2) is 11.6 Å². The summed E-state index contributed by atoms with van der Waals surface area (Å²) < 4.78 is 26.4. The molecule has 0 radical (unpaired) electrons. The highest BCUT2D eigenvalue weighted by Gasteiger charge is 2.30. The van der Waals surface area contributed by atoms with E-state index in [0.717, 1.165) is 50.7 Å². The highest BCUT2D eigenvalue weighted by Crippen LogP contribution is 2.22. The van der Waals surface area contributed by atoms with Crippen LogP contribution in [0.15, 0.2) is 18.2 Å². The Bertz CT molecular complexity index is 644. The van der Waals surface area contributed by atoms with E-state index in [1.54, 1.807) is 4.90 Å². The van der Waals surface area contributed by atoms with Crippen molar-refractivity contribution in [2.45, 2.75) is 51.0 Å². The molecule has 1 unspecified atom stereocenters. The van der Waals surface area contributed by atoms with Gasteiger partial charge >= 0.3 is 0 Å². The first kappa shape index (κ1) is 17.8. The van der Waals surface area contributed by atoms with Crippen LogP contribution >= 0.6 is 0 Å². The maximum absolute atomic E-state index is 13.4. The van der Waals surface area contributed by atoms with Gasteiger partial charge in [-0.25, -0.2) is 8.78 Å². The molecule has 1 atom stereocenters. The summed E-state index contributed by atoms with van der Waals surface area (Å²) in [6.07, 6.45) is 7.06. The largest absolute Gasteiger partial charge is 0.353 e. The van der Waals surface area contributed by atoms with E-state index >= 15 is 0 Å². The minimum absolute atomic E-state index is 0.00897. The first-order valence-corrected chi connectivity index (χ1v) is 9.09. The van der Waals surface area contributed by atoms with E-state index < -0.39 is 11.6 Å². The molecule has 6 heteroatoms. The zero-order valence-electron chi connectivity index (χ0n) is 14.3. The van der Waals surface area contributed by atoms with Crippen molar-refractivity contribution < 1.29 is 18.4 Å². The number of nitrogens with one attached hydrogen (secondary N) is 1. The lowest BCUT2D eigenvalue weighted by Gasteiger charge is -2.33. The number of benzene rings is 1. The summed E-state index contributed by atoms with van der Waals surface area (Å²) >= 11 is 0. The highest BCUT2D eigenvalue weighted by atomic mass is 19.2. The fourth-order valence-corrected chi connectivity index (χ4v) is 3.75. The van der Waals surface area contributed by atoms with Gasteiger partial charge in [-0.15, -0.1) is 0 Å². The van der Waals surface area contributed by atoms with Gasteiger partial charge in [-0.05, 0) is 43.9 Å². The van der Waals surface area contributed by atoms with E-state index in [9.17, 15) is 18.4 Å². The second-order valence-electron chi connectivity index (χ2n) is 7.06. The Morgan fingerprint density at radius 3 is 2.48 bits per heavy atom. The maximum atomic E-state index is 13.4. The van der Waals surface area contributed by atoms with Crippen LogP contribution in [-0.2, 0) is 4.79 Å². The first-order chi connectivity index (χ1) is 12.0. The molecule has 25 heavy (non-hydrogen) atoms. The van der Waals surface area contributed by atoms with Crippen molar-refractivity contribution in [1.82, 2.24) is 10.2 Å². The third kappa shape index (κ3) is 4.35. The molecule has 1 aliphatic carbocycles. The monoisotopic (exact) mass is 350 g/mol. The SMILES string of the molecule is O=C(NC1CCCCC1)C1CCCN(C(=O)c2ccc(F)c(F)c2)C1. The molecular formula is C19H24F2N2O2. The van der Waals surface area contributed by atoms with Crippen molar-refractivity contribution in [1.29, 1.82) is 0 Å². The van der Waals surface area contributed by atoms with E-state index in [0.29, 0.717) is 13.1 Å². The minimum atomic E-state index is -1.03. The van der Waals surface area contributed by atoms with E-state index in [2.05, 4.69) is 5.32 Å². The molecule has 3 rings (SSSR count). The Hall–Kier alpha value is -1.98. The number of carbonyl (C=O) groups is 2. The third-order valence-electron chi connectivity index (χ3n) is 5.20. The summed E-state index contributed by atoms with van der Waals surface area (Å²) in [7, 11) is 0. The Morgan fingerprint density at radius 2 is 1.76 bits per heavy atom. The van der Waals surface area contributed by atoms with Gasteiger partial charge in [0.2, 0.25) is 5.91 Å². The van der Waals surface area contributed by atoms with E-state index in [-0.39, 0.29) is 29.3 Å². The smallest absolute Gasteiger partial charge is 0.253 e. The fraction of sp³-hybridized carbons (Fsp3) is 0.579. The number of piperidine rings is 1. The predicted molar refractivity (Wildman–Crippen MR) is 90.0 cm³/mol. The van der Waals surface area contributed by atoms with E-state index in [4.69, 9.17) is 0 Å². The van der Waals surface area contributed by atoms with Crippen LogP contribution in [0.2, 0.25) is 0 Å². The van der Waals surface area contributed by atoms with Crippen LogP contribution in [0.1, 0.15) is 55.3 Å². The van der Waals surface area contributed by atoms with Crippen molar-refractivity contribution in [3.8, 4) is 0 Å². The molecule has 1 saturated heterocycles. The van der Waals surface area contributed by atoms with Gasteiger partial charge in [-0.2, -0.15) is 0 Å². The van der Waals surface area contributed by atoms with Gasteiger partial charge in [-0.1, -0.05) is 19.3 Å². The van der Waals surface area contributed by atoms with Crippen molar-refractivity contribution in [2.24, 2.45) is 5.92 Å². The molecule has 2 amide bonds. The number of carbonyl (C=O) groups excluding carboxylic acids is 2. The zero-order valence-corrected chi connectivity index (χ0v) is 14.3. The Labute approximate surface area is 146 Å². The summed E-state index contributed by atoms with van der Waals surface area (Å²) in [6.45, 7) is 0.863. The quantitative estimate of drug-likeness (QED) is 0.910. The first-order valence-electron chi connectivity index (χ1n) is 9.09. The van der Waals surface area contributed by atoms with Crippen molar-refractivity contribution in [2.75, 3.05) is 13.1 Å². The summed E-state index contributed by atoms with van der Waals surface area (Å²) in [5, 5.41) is 3.12. The molecule has 136 valence electrons. The topological polar surface area (TPSA) is 49.4 Å². The average molecular weight is 350 g/mol. The molecule has 0 spiro atoms. The predicted octanol–water partition coefficient (Wildman–Crippen LogP) is 3.27. The summed E-state index contributed by atoms with van der Waals surface area (Å²) in [5.74, 6) is -2.58. The molecule has 1 heterocycles. The van der Waals surface area contributed by atoms with Crippen molar-refractivity contribution in [3.63, 3.8) is 0 Å². The standard InChI is InChI=1S/C19H24F2N2O2/c20-16-9-8-13(11-17(16)21)19(25)23-10-4-5-14(12-23)18(24)22-15-6-2-1-3-7-15/h8-9,11,14-15H,1-7,10,12H2,(H,22,24). The normalized spacial score (nSPS) is 21.8. The molecule has 4 nitrogen and oxygen atoms in total. The molecule has 0 aromatic heterocycles. The molecule has 2 fully saturated rings. The van der Waals surface area contributed by atoms with Gasteiger partial charge < -0.3 is 10.2 Å². The van der Waals surface area contributed by atoms with Gasteiger partial charge in [0, 0.05) is 24.7 Å². The second-order valence-corrected chi connectivity index (χ2v) is 7.06. The number of nitrogens with zero attached hydrogens (tertiary/aromatic N) is 1. The fourth-order valence-electron chi connectivity index (χ4n) is 3.75. The van der Waals surface area contributed by atoms with Crippen LogP contribution < -0.4 is 5.32 Å². The molecule has 1 aliphatic heterocycles. The van der Waals surface area contributed by atoms with Gasteiger partial charge in [-0.3, -0.25) is 9.59 Å². The molecule has 0 bridgehead atoms. The molecule has 1 aromatic carbocycles. The van der Waals surface area contributed by atoms with E-state index in [1.165, 1.54) is 12.5 Å². The molecule has 1 saturated carbocycles. The Morgan fingerprint density at radius 1 is 1.00 bits per heavy atom. The van der Waals surface area contributed by atoms with Crippen LogP contribution in [-0.4, -0.2) is 35.8 Å². The molecule has 1 aromatic rings. The summed E-state index contributed by atoms with van der Waals surface area (Å²) in [5.41, 5.74) is 0.118. The Kier molecular flexibility index (Phi) is 5.66. The van der Waals surface area contributed by atoms with E-state index in [1.807, 2.05) is 0 Å². The molecule has 1 N–H and O–H groups in total. The molecule has 2 aliphatic rings. The lowest BCUT2D eigenvalue weighted by Crippen LogP contribution is -2.48. The van der Waals surface area contributed by atoms with Crippen LogP contribution in [0.3, 0.4) is 0 Å². The number of halogens is 2. The van der Waals surface area contributed by atoms with Crippen LogP contribution in [0.25, 0.3) is 0 Å². The number of amides is 2. The lowest BCUT2D eigenvalue weighted by atomic mass is 9.93. The zero-order chi connectivity index (χ0) is 17.8. The Balaban J connectivity index is 1.60. The summed E-state index contributed by atoms with van der Waals surface area (Å²) in [4.78, 5) is 26.6. The van der Waals surface area contributed by atoms with Gasteiger partial charge in [0.25, 0.3) is 5.91 Å². The lowest BCUT2D eigenvalue weighted by molar-refractivity contribution is -0.127. The number of hydrogen-bond acceptors (Lipinski definition) is 2. The number of hydrogen-bond donors (Lipinski definition) is 1. The third-order valence-corrected chi connectivity index (χ3v) is 5.20. The van der Waals surface area contributed by atoms with Crippen LogP contribution in [0, 0.1) is 17.6 Å². The van der Waals surface area contributed by atoms with Crippen molar-refractivity contribution in [3.05, 3.63) is 35.4 Å². The van der Waals surface area contributed by atoms with Crippen LogP contribution in [0.5, 0.6) is 0 Å². The second kappa shape index (κ2) is 7.93. The molecular weight excluding hydrogens is 326 g/mol. The average Bonchev–Trinajstić information content (AvgIpc) is 2.64. The van der Waals surface area contributed by atoms with Crippen LogP contribution in [0.4, 0.5) is 8.78 Å². The summed E-state index contributed by atoms with van der Waals surface area (Å²) in [6, 6.07) is 3.41. The number of rotatable bonds is 3. The highest BCUT2D eigenvalue weighted by molar-refractivity contribution is 5.94. The number of likely N-dealkylation sites (tertiary alicyclic amines) is 1. The van der Waals surface area contributed by atoms with Crippen molar-refractivity contribution >= 4 is 11.8 Å². The minimum Gasteiger partial charge on any atom is -0.353 e. The van der Waals surface area contributed by atoms with Gasteiger partial charge in [0.05, 0.1) is 5.92 Å².